The van der Waals surface area contributed by atoms with Crippen LogP contribution >= 0.6 is 0 Å². The van der Waals surface area contributed by atoms with Gasteiger partial charge in [-0.3, -0.25) is 4.79 Å². The predicted molar refractivity (Wildman–Crippen MR) is 69.6 cm³/mol. The Bertz CT molecular complexity index is 578. The third kappa shape index (κ3) is 2.66. The van der Waals surface area contributed by atoms with Gasteiger partial charge in [-0.15, -0.1) is 0 Å². The van der Waals surface area contributed by atoms with Crippen LogP contribution in [0, 0.1) is 0 Å². The largest absolute Gasteiger partial charge is 0.372 e. The fourth-order valence-corrected chi connectivity index (χ4v) is 2.15. The monoisotopic (exact) mass is 257 g/mol. The maximum absolute atomic E-state index is 12.0. The van der Waals surface area contributed by atoms with E-state index in [2.05, 4.69) is 15.3 Å². The molecule has 2 aromatic rings. The van der Waals surface area contributed by atoms with Crippen molar-refractivity contribution in [3.63, 3.8) is 0 Å². The molecule has 0 saturated heterocycles. The minimum atomic E-state index is -0.0470. The van der Waals surface area contributed by atoms with Gasteiger partial charge in [0.05, 0.1) is 19.5 Å². The van der Waals surface area contributed by atoms with Gasteiger partial charge in [-0.25, -0.2) is 4.98 Å². The van der Waals surface area contributed by atoms with Crippen LogP contribution in [-0.4, -0.2) is 22.4 Å². The molecule has 5 heteroatoms. The summed E-state index contributed by atoms with van der Waals surface area (Å²) in [4.78, 5) is 18.9. The number of amides is 1. The third-order valence-corrected chi connectivity index (χ3v) is 3.22. The molecule has 1 aliphatic rings. The number of hydrogen-bond donors (Lipinski definition) is 2. The lowest BCUT2D eigenvalue weighted by atomic mass is 10.1. The number of fused-ring (bicyclic) bond motifs is 1. The molecule has 19 heavy (non-hydrogen) atoms. The van der Waals surface area contributed by atoms with E-state index in [0.717, 1.165) is 17.7 Å². The van der Waals surface area contributed by atoms with Crippen LogP contribution in [0.25, 0.3) is 0 Å². The van der Waals surface area contributed by atoms with Crippen molar-refractivity contribution in [1.29, 1.82) is 0 Å². The summed E-state index contributed by atoms with van der Waals surface area (Å²) in [6.45, 7) is 1.84. The van der Waals surface area contributed by atoms with Gasteiger partial charge in [0.25, 0.3) is 5.91 Å². The molecule has 5 nitrogen and oxygen atoms in total. The quantitative estimate of drug-likeness (QED) is 0.870. The highest BCUT2D eigenvalue weighted by atomic mass is 16.5. The molecule has 1 aromatic carbocycles. The minimum Gasteiger partial charge on any atom is -0.372 e. The Labute approximate surface area is 111 Å². The zero-order valence-electron chi connectivity index (χ0n) is 10.5. The van der Waals surface area contributed by atoms with Crippen LogP contribution in [0.1, 0.15) is 27.2 Å². The molecule has 1 amide bonds. The second kappa shape index (κ2) is 5.24. The van der Waals surface area contributed by atoms with Crippen LogP contribution in [0.3, 0.4) is 0 Å². The second-order valence-corrected chi connectivity index (χ2v) is 4.56. The smallest absolute Gasteiger partial charge is 0.251 e. The summed E-state index contributed by atoms with van der Waals surface area (Å²) in [5, 5.41) is 2.90. The number of aromatic amines is 1. The van der Waals surface area contributed by atoms with Gasteiger partial charge in [0.15, 0.2) is 0 Å². The third-order valence-electron chi connectivity index (χ3n) is 3.22. The highest BCUT2D eigenvalue weighted by Crippen LogP contribution is 2.20. The normalized spacial score (nSPS) is 13.3. The minimum absolute atomic E-state index is 0.0470. The molecule has 2 N–H and O–H groups in total. The van der Waals surface area contributed by atoms with Crippen molar-refractivity contribution >= 4 is 5.91 Å². The average Bonchev–Trinajstić information content (AvgIpc) is 3.08. The maximum Gasteiger partial charge on any atom is 0.251 e. The van der Waals surface area contributed by atoms with Crippen molar-refractivity contribution in [3.8, 4) is 0 Å². The van der Waals surface area contributed by atoms with Gasteiger partial charge in [0, 0.05) is 30.4 Å². The lowest BCUT2D eigenvalue weighted by Gasteiger charge is -2.05. The van der Waals surface area contributed by atoms with Gasteiger partial charge in [0.2, 0.25) is 0 Å². The lowest BCUT2D eigenvalue weighted by molar-refractivity contribution is 0.0954. The Morgan fingerprint density at radius 3 is 3.11 bits per heavy atom. The van der Waals surface area contributed by atoms with Crippen LogP contribution in [0.5, 0.6) is 0 Å². The van der Waals surface area contributed by atoms with E-state index >= 15 is 0 Å². The van der Waals surface area contributed by atoms with Crippen molar-refractivity contribution in [1.82, 2.24) is 15.3 Å². The van der Waals surface area contributed by atoms with Crippen molar-refractivity contribution < 1.29 is 9.53 Å². The van der Waals surface area contributed by atoms with Gasteiger partial charge in [-0.2, -0.15) is 0 Å². The molecule has 0 atom stereocenters. The molecule has 0 bridgehead atoms. The van der Waals surface area contributed by atoms with Crippen molar-refractivity contribution in [2.45, 2.75) is 19.6 Å². The molecule has 0 spiro atoms. The number of hydrogen-bond acceptors (Lipinski definition) is 3. The SMILES string of the molecule is O=C(NCCc1cnc[nH]1)c1ccc2c(c1)COC2. The van der Waals surface area contributed by atoms with E-state index < -0.39 is 0 Å². The van der Waals surface area contributed by atoms with Gasteiger partial charge in [-0.1, -0.05) is 6.07 Å². The topological polar surface area (TPSA) is 67.0 Å². The number of H-pyrrole nitrogens is 1. The number of carbonyl (C=O) groups excluding carboxylic acids is 1. The van der Waals surface area contributed by atoms with E-state index in [4.69, 9.17) is 4.74 Å². The average molecular weight is 257 g/mol. The predicted octanol–water partition coefficient (Wildman–Crippen LogP) is 1.41. The molecule has 0 saturated carbocycles. The number of benzene rings is 1. The number of rotatable bonds is 4. The molecule has 98 valence electrons. The summed E-state index contributed by atoms with van der Waals surface area (Å²) >= 11 is 0. The fraction of sp³-hybridized carbons (Fsp3) is 0.286. The van der Waals surface area contributed by atoms with Crippen molar-refractivity contribution in [3.05, 3.63) is 53.1 Å². The van der Waals surface area contributed by atoms with E-state index in [1.807, 2.05) is 18.2 Å². The standard InChI is InChI=1S/C14H15N3O2/c18-14(16-4-3-13-6-15-9-17-13)10-1-2-11-7-19-8-12(11)5-10/h1-2,5-6,9H,3-4,7-8H2,(H,15,17)(H,16,18). The number of nitrogens with one attached hydrogen (secondary N) is 2. The molecular formula is C14H15N3O2. The van der Waals surface area contributed by atoms with Crippen molar-refractivity contribution in [2.24, 2.45) is 0 Å². The molecule has 2 heterocycles. The van der Waals surface area contributed by atoms with E-state index in [-0.39, 0.29) is 5.91 Å². The first-order valence-electron chi connectivity index (χ1n) is 6.28. The van der Waals surface area contributed by atoms with Crippen molar-refractivity contribution in [2.75, 3.05) is 6.54 Å². The summed E-state index contributed by atoms with van der Waals surface area (Å²) < 4.78 is 5.34. The molecule has 0 fully saturated rings. The molecule has 3 rings (SSSR count). The Balaban J connectivity index is 1.58. The number of imidazole rings is 1. The molecule has 0 unspecified atom stereocenters. The number of carbonyl (C=O) groups is 1. The molecule has 0 radical (unpaired) electrons. The summed E-state index contributed by atoms with van der Waals surface area (Å²) in [5.74, 6) is -0.0470. The Kier molecular flexibility index (Phi) is 3.29. The zero-order chi connectivity index (χ0) is 13.1. The second-order valence-electron chi connectivity index (χ2n) is 4.56. The van der Waals surface area contributed by atoms with Crippen LogP contribution in [0.2, 0.25) is 0 Å². The van der Waals surface area contributed by atoms with E-state index in [1.54, 1.807) is 12.5 Å². The lowest BCUT2D eigenvalue weighted by Crippen LogP contribution is -2.25. The summed E-state index contributed by atoms with van der Waals surface area (Å²) in [6.07, 6.45) is 4.15. The van der Waals surface area contributed by atoms with Crippen LogP contribution in [-0.2, 0) is 24.4 Å². The van der Waals surface area contributed by atoms with E-state index in [0.29, 0.717) is 25.3 Å². The maximum atomic E-state index is 12.0. The Morgan fingerprint density at radius 1 is 1.37 bits per heavy atom. The number of nitrogens with zero attached hydrogens (tertiary/aromatic N) is 1. The van der Waals surface area contributed by atoms with Crippen LogP contribution in [0.4, 0.5) is 0 Å². The Hall–Kier alpha value is -2.14. The summed E-state index contributed by atoms with van der Waals surface area (Å²) in [6, 6.07) is 5.72. The summed E-state index contributed by atoms with van der Waals surface area (Å²) in [5.41, 5.74) is 3.99. The van der Waals surface area contributed by atoms with Crippen LogP contribution in [0.15, 0.2) is 30.7 Å². The zero-order valence-corrected chi connectivity index (χ0v) is 10.5. The highest BCUT2D eigenvalue weighted by molar-refractivity contribution is 5.94. The highest BCUT2D eigenvalue weighted by Gasteiger charge is 2.13. The van der Waals surface area contributed by atoms with Crippen LogP contribution < -0.4 is 5.32 Å². The van der Waals surface area contributed by atoms with Gasteiger partial charge in [0.1, 0.15) is 0 Å². The van der Waals surface area contributed by atoms with E-state index in [9.17, 15) is 4.79 Å². The first-order valence-corrected chi connectivity index (χ1v) is 6.28. The molecular weight excluding hydrogens is 242 g/mol. The fourth-order valence-electron chi connectivity index (χ4n) is 2.15. The number of aromatic nitrogens is 2. The van der Waals surface area contributed by atoms with Gasteiger partial charge >= 0.3 is 0 Å². The van der Waals surface area contributed by atoms with Gasteiger partial charge < -0.3 is 15.0 Å². The van der Waals surface area contributed by atoms with E-state index in [1.165, 1.54) is 5.56 Å². The van der Waals surface area contributed by atoms with Gasteiger partial charge in [-0.05, 0) is 23.3 Å². The number of ether oxygens (including phenoxy) is 1. The summed E-state index contributed by atoms with van der Waals surface area (Å²) in [7, 11) is 0. The first kappa shape index (κ1) is 11.9. The Morgan fingerprint density at radius 2 is 2.26 bits per heavy atom. The molecule has 1 aromatic heterocycles. The first-order chi connectivity index (χ1) is 9.33. The molecule has 1 aliphatic heterocycles. The molecule has 0 aliphatic carbocycles.